The van der Waals surface area contributed by atoms with Gasteiger partial charge in [-0.1, -0.05) is 29.3 Å². The van der Waals surface area contributed by atoms with E-state index in [-0.39, 0.29) is 16.4 Å². The quantitative estimate of drug-likeness (QED) is 0.860. The first-order chi connectivity index (χ1) is 9.85. The third-order valence-corrected chi connectivity index (χ3v) is 5.30. The van der Waals surface area contributed by atoms with E-state index in [9.17, 15) is 8.42 Å². The molecule has 0 amide bonds. The Balaban J connectivity index is 2.49. The van der Waals surface area contributed by atoms with Crippen LogP contribution in [0.25, 0.3) is 0 Å². The van der Waals surface area contributed by atoms with Crippen molar-refractivity contribution in [1.82, 2.24) is 0 Å². The van der Waals surface area contributed by atoms with Crippen molar-refractivity contribution in [1.29, 1.82) is 0 Å². The molecule has 0 saturated heterocycles. The van der Waals surface area contributed by atoms with Crippen molar-refractivity contribution < 1.29 is 13.2 Å². The molecule has 0 radical (unpaired) electrons. The molecule has 0 aliphatic rings. The molecule has 2 aromatic carbocycles. The first-order valence-electron chi connectivity index (χ1n) is 5.94. The summed E-state index contributed by atoms with van der Waals surface area (Å²) in [7, 11) is -2.28. The zero-order valence-corrected chi connectivity index (χ0v) is 13.5. The fraction of sp³-hybridized carbons (Fsp3) is 0.143. The predicted octanol–water partition coefficient (Wildman–Crippen LogP) is 3.56. The minimum atomic E-state index is -3.67. The summed E-state index contributed by atoms with van der Waals surface area (Å²) in [6.07, 6.45) is 0. The average Bonchev–Trinajstić information content (AvgIpc) is 2.42. The highest BCUT2D eigenvalue weighted by molar-refractivity contribution is 7.90. The maximum Gasteiger partial charge on any atom is 0.186 e. The van der Waals surface area contributed by atoms with Crippen LogP contribution in [0, 0.1) is 0 Å². The molecule has 0 aromatic heterocycles. The number of methoxy groups -OCH3 is 1. The van der Waals surface area contributed by atoms with Crippen LogP contribution in [0.2, 0.25) is 10.0 Å². The average molecular weight is 346 g/mol. The Morgan fingerprint density at radius 1 is 1.14 bits per heavy atom. The minimum absolute atomic E-state index is 0.0511. The van der Waals surface area contributed by atoms with Gasteiger partial charge in [-0.2, -0.15) is 0 Å². The molecule has 0 fully saturated rings. The molecular formula is C14H13Cl2NO3S. The Kier molecular flexibility index (Phi) is 4.66. The van der Waals surface area contributed by atoms with E-state index in [1.807, 2.05) is 0 Å². The monoisotopic (exact) mass is 345 g/mol. The Morgan fingerprint density at radius 2 is 1.76 bits per heavy atom. The molecule has 4 nitrogen and oxygen atoms in total. The molecule has 0 aliphatic heterocycles. The summed E-state index contributed by atoms with van der Waals surface area (Å²) in [4.78, 5) is 0.0511. The van der Waals surface area contributed by atoms with E-state index in [0.29, 0.717) is 21.3 Å². The molecule has 2 rings (SSSR count). The Morgan fingerprint density at radius 3 is 2.33 bits per heavy atom. The van der Waals surface area contributed by atoms with Gasteiger partial charge < -0.3 is 10.5 Å². The highest BCUT2D eigenvalue weighted by atomic mass is 35.5. The van der Waals surface area contributed by atoms with Crippen molar-refractivity contribution in [2.24, 2.45) is 0 Å². The van der Waals surface area contributed by atoms with Crippen molar-refractivity contribution >= 4 is 38.7 Å². The van der Waals surface area contributed by atoms with Gasteiger partial charge in [0.2, 0.25) is 0 Å². The normalized spacial score (nSPS) is 11.4. The van der Waals surface area contributed by atoms with E-state index in [1.54, 1.807) is 18.2 Å². The van der Waals surface area contributed by atoms with Crippen molar-refractivity contribution in [3.8, 4) is 5.75 Å². The minimum Gasteiger partial charge on any atom is -0.495 e. The smallest absolute Gasteiger partial charge is 0.186 e. The second-order valence-electron chi connectivity index (χ2n) is 4.37. The van der Waals surface area contributed by atoms with Gasteiger partial charge in [0.25, 0.3) is 0 Å². The summed E-state index contributed by atoms with van der Waals surface area (Å²) in [6, 6.07) is 9.22. The lowest BCUT2D eigenvalue weighted by atomic mass is 10.2. The number of sulfone groups is 1. The maximum atomic E-state index is 12.6. The molecule has 0 saturated carbocycles. The van der Waals surface area contributed by atoms with Crippen LogP contribution in [-0.2, 0) is 15.6 Å². The summed E-state index contributed by atoms with van der Waals surface area (Å²) in [5, 5.41) is 0.612. The molecule has 2 N–H and O–H groups in total. The first kappa shape index (κ1) is 15.9. The van der Waals surface area contributed by atoms with Gasteiger partial charge in [0.1, 0.15) is 10.6 Å². The summed E-state index contributed by atoms with van der Waals surface area (Å²) >= 11 is 12.0. The van der Waals surface area contributed by atoms with Crippen LogP contribution in [0.4, 0.5) is 5.69 Å². The van der Waals surface area contributed by atoms with Crippen molar-refractivity contribution in [3.05, 3.63) is 52.0 Å². The Hall–Kier alpha value is -1.43. The van der Waals surface area contributed by atoms with E-state index in [0.717, 1.165) is 0 Å². The summed E-state index contributed by atoms with van der Waals surface area (Å²) in [5.41, 5.74) is 6.41. The standard InChI is InChI=1S/C14H13Cl2NO3S/c1-20-13-7-9(17)5-6-14(13)21(18,19)8-10-11(15)3-2-4-12(10)16/h2-7H,8,17H2,1H3. The van der Waals surface area contributed by atoms with Crippen molar-refractivity contribution in [2.75, 3.05) is 12.8 Å². The molecule has 112 valence electrons. The number of rotatable bonds is 4. The van der Waals surface area contributed by atoms with Gasteiger partial charge in [0.15, 0.2) is 9.84 Å². The van der Waals surface area contributed by atoms with Gasteiger partial charge >= 0.3 is 0 Å². The fourth-order valence-electron chi connectivity index (χ4n) is 1.88. The third kappa shape index (κ3) is 3.43. The zero-order valence-electron chi connectivity index (χ0n) is 11.1. The van der Waals surface area contributed by atoms with Gasteiger partial charge in [-0.3, -0.25) is 0 Å². The van der Waals surface area contributed by atoms with Crippen LogP contribution in [0.1, 0.15) is 5.56 Å². The number of anilines is 1. The lowest BCUT2D eigenvalue weighted by Crippen LogP contribution is -2.08. The SMILES string of the molecule is COc1cc(N)ccc1S(=O)(=O)Cc1c(Cl)cccc1Cl. The number of ether oxygens (including phenoxy) is 1. The Labute approximate surface area is 133 Å². The van der Waals surface area contributed by atoms with Crippen LogP contribution in [0.15, 0.2) is 41.3 Å². The van der Waals surface area contributed by atoms with Gasteiger partial charge in [0, 0.05) is 27.4 Å². The summed E-state index contributed by atoms with van der Waals surface area (Å²) in [6.45, 7) is 0. The number of nitrogens with two attached hydrogens (primary N) is 1. The van der Waals surface area contributed by atoms with Gasteiger partial charge in [-0.15, -0.1) is 0 Å². The lowest BCUT2D eigenvalue weighted by molar-refractivity contribution is 0.403. The zero-order chi connectivity index (χ0) is 15.6. The molecule has 7 heteroatoms. The lowest BCUT2D eigenvalue weighted by Gasteiger charge is -2.12. The Bertz CT molecular complexity index is 756. The predicted molar refractivity (Wildman–Crippen MR) is 84.8 cm³/mol. The third-order valence-electron chi connectivity index (χ3n) is 2.92. The van der Waals surface area contributed by atoms with Gasteiger partial charge in [-0.05, 0) is 24.3 Å². The summed E-state index contributed by atoms with van der Waals surface area (Å²) < 4.78 is 30.2. The van der Waals surface area contributed by atoms with Crippen LogP contribution in [0.3, 0.4) is 0 Å². The number of nitrogen functional groups attached to an aromatic ring is 1. The maximum absolute atomic E-state index is 12.6. The topological polar surface area (TPSA) is 69.4 Å². The molecule has 0 bridgehead atoms. The molecule has 0 spiro atoms. The van der Waals surface area contributed by atoms with E-state index >= 15 is 0 Å². The van der Waals surface area contributed by atoms with Crippen molar-refractivity contribution in [2.45, 2.75) is 10.6 Å². The molecule has 0 atom stereocenters. The number of halogens is 2. The first-order valence-corrected chi connectivity index (χ1v) is 8.35. The van der Waals surface area contributed by atoms with Crippen molar-refractivity contribution in [3.63, 3.8) is 0 Å². The molecule has 0 unspecified atom stereocenters. The number of hydrogen-bond donors (Lipinski definition) is 1. The molecule has 2 aromatic rings. The van der Waals surface area contributed by atoms with E-state index in [1.165, 1.54) is 25.3 Å². The fourth-order valence-corrected chi connectivity index (χ4v) is 4.14. The van der Waals surface area contributed by atoms with Gasteiger partial charge in [-0.25, -0.2) is 8.42 Å². The molecular weight excluding hydrogens is 333 g/mol. The molecule has 0 heterocycles. The second-order valence-corrected chi connectivity index (χ2v) is 7.14. The van der Waals surface area contributed by atoms with Crippen LogP contribution in [-0.4, -0.2) is 15.5 Å². The number of hydrogen-bond acceptors (Lipinski definition) is 4. The van der Waals surface area contributed by atoms with Crippen LogP contribution < -0.4 is 10.5 Å². The van der Waals surface area contributed by atoms with Crippen LogP contribution in [0.5, 0.6) is 5.75 Å². The van der Waals surface area contributed by atoms with E-state index in [2.05, 4.69) is 0 Å². The van der Waals surface area contributed by atoms with Crippen LogP contribution >= 0.6 is 23.2 Å². The van der Waals surface area contributed by atoms with Gasteiger partial charge in [0.05, 0.1) is 12.9 Å². The second kappa shape index (κ2) is 6.13. The highest BCUT2D eigenvalue weighted by Gasteiger charge is 2.23. The summed E-state index contributed by atoms with van der Waals surface area (Å²) in [5.74, 6) is -0.121. The van der Waals surface area contributed by atoms with E-state index in [4.69, 9.17) is 33.7 Å². The number of benzene rings is 2. The molecule has 0 aliphatic carbocycles. The van der Waals surface area contributed by atoms with E-state index < -0.39 is 9.84 Å². The highest BCUT2D eigenvalue weighted by Crippen LogP contribution is 2.32. The largest absolute Gasteiger partial charge is 0.495 e. The molecule has 21 heavy (non-hydrogen) atoms.